The number of hydrogen-bond donors (Lipinski definition) is 3. The van der Waals surface area contributed by atoms with Crippen LogP contribution in [0.2, 0.25) is 5.02 Å². The number of nitrogens with one attached hydrogen (secondary N) is 2. The van der Waals surface area contributed by atoms with Gasteiger partial charge in [0.2, 0.25) is 11.8 Å². The van der Waals surface area contributed by atoms with Crippen LogP contribution in [0.25, 0.3) is 22.6 Å². The van der Waals surface area contributed by atoms with Gasteiger partial charge in [0.1, 0.15) is 64.9 Å². The molecule has 0 saturated carbocycles. The Kier molecular flexibility index (Phi) is 13.7. The van der Waals surface area contributed by atoms with Crippen LogP contribution in [0.4, 0.5) is 10.6 Å². The first-order chi connectivity index (χ1) is 25.2. The van der Waals surface area contributed by atoms with Crippen LogP contribution in [0.15, 0.2) is 64.2 Å². The highest BCUT2D eigenvalue weighted by atomic mass is 35.5. The number of benzene rings is 2. The van der Waals surface area contributed by atoms with E-state index in [0.29, 0.717) is 44.3 Å². The van der Waals surface area contributed by atoms with Crippen LogP contribution < -0.4 is 21.1 Å². The smallest absolute Gasteiger partial charge is 0.407 e. The highest BCUT2D eigenvalue weighted by Crippen LogP contribution is 2.37. The summed E-state index contributed by atoms with van der Waals surface area (Å²) in [6.07, 6.45) is -0.126. The average molecular weight is 759 g/mol. The number of carbonyl (C=O) groups is 3. The predicted octanol–water partition coefficient (Wildman–Crippen LogP) is 6.22. The molecule has 0 bridgehead atoms. The van der Waals surface area contributed by atoms with Crippen molar-refractivity contribution < 1.29 is 33.0 Å². The molecule has 0 unspecified atom stereocenters. The second kappa shape index (κ2) is 18.1. The van der Waals surface area contributed by atoms with Gasteiger partial charge in [-0.3, -0.25) is 4.79 Å². The Labute approximate surface area is 316 Å². The summed E-state index contributed by atoms with van der Waals surface area (Å²) in [5.74, 6) is -0.102. The molecule has 2 atom stereocenters. The number of oxazole rings is 1. The molecule has 16 heteroatoms. The third-order valence-corrected chi connectivity index (χ3v) is 8.29. The molecule has 0 saturated heterocycles. The minimum Gasteiger partial charge on any atom is -0.490 e. The molecule has 1 radical (unpaired) electrons. The van der Waals surface area contributed by atoms with Gasteiger partial charge >= 0.3 is 12.1 Å². The number of aromatic nitrogens is 2. The molecule has 0 aliphatic carbocycles. The zero-order valence-corrected chi connectivity index (χ0v) is 31.0. The fourth-order valence-corrected chi connectivity index (χ4v) is 5.60. The van der Waals surface area contributed by atoms with Gasteiger partial charge in [0.05, 0.1) is 11.3 Å². The lowest BCUT2D eigenvalue weighted by Crippen LogP contribution is -2.42. The van der Waals surface area contributed by atoms with Crippen molar-refractivity contribution in [2.45, 2.75) is 62.6 Å². The number of thioether (sulfide) groups is 1. The normalized spacial score (nSPS) is 12.1. The SMILES string of the molecule is [CH2][C@@H](COc1ccc(-c2c(C#N)c(N)nc(SCc3coc(-c4ccc(Cl)cc4)n3)c2C#N)cc1)OC(=O)[C@H](C)NC(=O)CCNC(=O)OC(C)(C)C. The Morgan fingerprint density at radius 3 is 2.34 bits per heavy atom. The molecular weight excluding hydrogens is 722 g/mol. The van der Waals surface area contributed by atoms with E-state index in [1.165, 1.54) is 24.9 Å². The number of halogens is 1. The summed E-state index contributed by atoms with van der Waals surface area (Å²) in [6, 6.07) is 16.9. The van der Waals surface area contributed by atoms with Crippen LogP contribution in [0.1, 0.15) is 50.9 Å². The lowest BCUT2D eigenvalue weighted by Gasteiger charge is -2.20. The maximum Gasteiger partial charge on any atom is 0.407 e. The average Bonchev–Trinajstić information content (AvgIpc) is 3.58. The molecule has 2 aromatic heterocycles. The van der Waals surface area contributed by atoms with Crippen molar-refractivity contribution in [2.75, 3.05) is 18.9 Å². The first-order valence-electron chi connectivity index (χ1n) is 16.2. The molecule has 0 fully saturated rings. The number of anilines is 1. The molecule has 4 rings (SSSR count). The number of rotatable bonds is 14. The lowest BCUT2D eigenvalue weighted by molar-refractivity contribution is -0.151. The Morgan fingerprint density at radius 2 is 1.70 bits per heavy atom. The van der Waals surface area contributed by atoms with Gasteiger partial charge in [0.25, 0.3) is 0 Å². The summed E-state index contributed by atoms with van der Waals surface area (Å²) in [5, 5.41) is 26.0. The lowest BCUT2D eigenvalue weighted by atomic mass is 9.97. The van der Waals surface area contributed by atoms with Gasteiger partial charge in [-0.05, 0) is 76.6 Å². The Morgan fingerprint density at radius 1 is 1.04 bits per heavy atom. The van der Waals surface area contributed by atoms with Crippen molar-refractivity contribution in [1.29, 1.82) is 10.5 Å². The van der Waals surface area contributed by atoms with E-state index >= 15 is 0 Å². The summed E-state index contributed by atoms with van der Waals surface area (Å²) in [4.78, 5) is 45.3. The summed E-state index contributed by atoms with van der Waals surface area (Å²) < 4.78 is 21.8. The molecule has 2 heterocycles. The number of nitrogens with zero attached hydrogens (tertiary/aromatic N) is 4. The minimum absolute atomic E-state index is 0.0222. The third-order valence-electron chi connectivity index (χ3n) is 7.03. The number of carbonyl (C=O) groups excluding carboxylic acids is 3. The number of nitrogens with two attached hydrogens (primary N) is 1. The van der Waals surface area contributed by atoms with E-state index in [9.17, 15) is 24.9 Å². The summed E-state index contributed by atoms with van der Waals surface area (Å²) in [5.41, 5.74) is 7.94. The van der Waals surface area contributed by atoms with Gasteiger partial charge in [0.15, 0.2) is 0 Å². The summed E-state index contributed by atoms with van der Waals surface area (Å²) >= 11 is 7.20. The second-order valence-corrected chi connectivity index (χ2v) is 13.9. The molecule has 2 amide bonds. The fourth-order valence-electron chi connectivity index (χ4n) is 4.60. The molecular formula is C37H37ClN7O7S. The van der Waals surface area contributed by atoms with Crippen LogP contribution in [-0.2, 0) is 24.8 Å². The van der Waals surface area contributed by atoms with Crippen LogP contribution in [0.5, 0.6) is 5.75 Å². The van der Waals surface area contributed by atoms with Crippen LogP contribution >= 0.6 is 23.4 Å². The molecule has 4 aromatic rings. The minimum atomic E-state index is -0.977. The van der Waals surface area contributed by atoms with Crippen molar-refractivity contribution in [3.8, 4) is 40.5 Å². The molecule has 0 spiro atoms. The number of alkyl carbamates (subject to hydrolysis) is 1. The number of amides is 2. The van der Waals surface area contributed by atoms with Gasteiger partial charge in [-0.2, -0.15) is 10.5 Å². The fraction of sp³-hybridized carbons (Fsp3) is 0.297. The first kappa shape index (κ1) is 40.0. The summed E-state index contributed by atoms with van der Waals surface area (Å²) in [6.45, 7) is 10.3. The van der Waals surface area contributed by atoms with Crippen LogP contribution in [-0.4, -0.2) is 58.8 Å². The zero-order chi connectivity index (χ0) is 38.7. The topological polar surface area (TPSA) is 215 Å². The number of ether oxygens (including phenoxy) is 3. The van der Waals surface area contributed by atoms with Crippen molar-refractivity contribution in [2.24, 2.45) is 0 Å². The van der Waals surface area contributed by atoms with E-state index in [1.54, 1.807) is 69.3 Å². The van der Waals surface area contributed by atoms with E-state index < -0.39 is 35.7 Å². The number of nitriles is 2. The molecule has 14 nitrogen and oxygen atoms in total. The number of esters is 1. The number of pyridine rings is 1. The maximum atomic E-state index is 12.5. The molecule has 53 heavy (non-hydrogen) atoms. The molecule has 0 aliphatic heterocycles. The highest BCUT2D eigenvalue weighted by Gasteiger charge is 2.23. The molecule has 0 aliphatic rings. The van der Waals surface area contributed by atoms with Crippen LogP contribution in [0.3, 0.4) is 0 Å². The second-order valence-electron chi connectivity index (χ2n) is 12.5. The monoisotopic (exact) mass is 758 g/mol. The standard InChI is InChI=1S/C37H37ClN7O7S/c1-21(51-35(47)22(2)43-30(46)14-15-42-36(48)52-37(3,4)5)18-49-27-12-8-23(9-13-27)31-28(16-39)32(41)45-34(29(31)17-40)53-20-26-19-50-33(44-26)24-6-10-25(38)11-7-24/h6-13,19,21-22H,1,14-15,18,20H2,2-5H3,(H2,41,45)(H,42,48)(H,43,46)/t21-,22-/m0/s1. The largest absolute Gasteiger partial charge is 0.490 e. The van der Waals surface area contributed by atoms with E-state index in [1.807, 2.05) is 0 Å². The van der Waals surface area contributed by atoms with E-state index in [0.717, 1.165) is 5.56 Å². The number of nitrogen functional groups attached to an aromatic ring is 1. The molecule has 4 N–H and O–H groups in total. The third kappa shape index (κ3) is 11.6. The summed E-state index contributed by atoms with van der Waals surface area (Å²) in [7, 11) is 0. The Balaban J connectivity index is 1.33. The molecule has 275 valence electrons. The predicted molar refractivity (Wildman–Crippen MR) is 197 cm³/mol. The zero-order valence-electron chi connectivity index (χ0n) is 29.4. The number of hydrogen-bond acceptors (Lipinski definition) is 13. The van der Waals surface area contributed by atoms with Gasteiger partial charge in [-0.1, -0.05) is 35.5 Å². The van der Waals surface area contributed by atoms with E-state index in [2.05, 4.69) is 39.7 Å². The van der Waals surface area contributed by atoms with Gasteiger partial charge in [0, 0.05) is 34.9 Å². The first-order valence-corrected chi connectivity index (χ1v) is 17.5. The van der Waals surface area contributed by atoms with Crippen LogP contribution in [0, 0.1) is 29.6 Å². The van der Waals surface area contributed by atoms with Crippen molar-refractivity contribution in [3.63, 3.8) is 0 Å². The van der Waals surface area contributed by atoms with Gasteiger partial charge in [-0.15, -0.1) is 0 Å². The van der Waals surface area contributed by atoms with Crippen molar-refractivity contribution in [1.82, 2.24) is 20.6 Å². The van der Waals surface area contributed by atoms with Crippen molar-refractivity contribution >= 4 is 47.2 Å². The highest BCUT2D eigenvalue weighted by molar-refractivity contribution is 7.98. The quantitative estimate of drug-likeness (QED) is 0.0963. The van der Waals surface area contributed by atoms with E-state index in [-0.39, 0.29) is 36.5 Å². The van der Waals surface area contributed by atoms with Gasteiger partial charge < -0.3 is 35.0 Å². The van der Waals surface area contributed by atoms with E-state index in [4.69, 9.17) is 36.0 Å². The van der Waals surface area contributed by atoms with Gasteiger partial charge in [-0.25, -0.2) is 19.6 Å². The molecule has 2 aromatic carbocycles. The Hall–Kier alpha value is -5.77. The van der Waals surface area contributed by atoms with Crippen molar-refractivity contribution in [3.05, 3.63) is 83.6 Å². The maximum absolute atomic E-state index is 12.5. The Bertz CT molecular complexity index is 2020.